The molecular formula is C14H14BrN3O3. The molecule has 0 saturated carbocycles. The predicted molar refractivity (Wildman–Crippen MR) is 79.7 cm³/mol. The van der Waals surface area contributed by atoms with E-state index in [0.29, 0.717) is 17.8 Å². The summed E-state index contributed by atoms with van der Waals surface area (Å²) in [4.78, 5) is 24.7. The zero-order valence-electron chi connectivity index (χ0n) is 11.3. The Morgan fingerprint density at radius 3 is 2.76 bits per heavy atom. The second kappa shape index (κ2) is 6.14. The van der Waals surface area contributed by atoms with Crippen LogP contribution in [0, 0.1) is 23.2 Å². The van der Waals surface area contributed by atoms with E-state index in [0.717, 1.165) is 4.47 Å². The number of likely N-dealkylation sites (tertiary alicyclic amines) is 1. The fraction of sp³-hybridized carbons (Fsp3) is 0.357. The first-order valence-electron chi connectivity index (χ1n) is 6.40. The minimum Gasteiger partial charge on any atom is -0.481 e. The van der Waals surface area contributed by atoms with Gasteiger partial charge in [0, 0.05) is 17.6 Å². The summed E-state index contributed by atoms with van der Waals surface area (Å²) in [6, 6.07) is 6.58. The van der Waals surface area contributed by atoms with Crippen molar-refractivity contribution in [1.82, 2.24) is 4.90 Å². The number of aliphatic carboxylic acids is 1. The summed E-state index contributed by atoms with van der Waals surface area (Å²) in [5.41, 5.74) is 0.761. The third kappa shape index (κ3) is 3.34. The number of nitrogens with one attached hydrogen (secondary N) is 1. The minimum atomic E-state index is -0.891. The average Bonchev–Trinajstić information content (AvgIpc) is 2.81. The molecule has 110 valence electrons. The molecule has 0 radical (unpaired) electrons. The molecule has 1 fully saturated rings. The smallest absolute Gasteiger partial charge is 0.321 e. The molecule has 0 spiro atoms. The van der Waals surface area contributed by atoms with Crippen LogP contribution in [0.15, 0.2) is 22.7 Å². The van der Waals surface area contributed by atoms with E-state index in [1.165, 1.54) is 4.90 Å². The summed E-state index contributed by atoms with van der Waals surface area (Å²) in [7, 11) is 0. The van der Waals surface area contributed by atoms with Crippen LogP contribution in [-0.2, 0) is 4.79 Å². The maximum absolute atomic E-state index is 12.2. The van der Waals surface area contributed by atoms with Gasteiger partial charge in [-0.25, -0.2) is 4.79 Å². The zero-order valence-corrected chi connectivity index (χ0v) is 12.9. The van der Waals surface area contributed by atoms with Crippen LogP contribution in [-0.4, -0.2) is 35.1 Å². The van der Waals surface area contributed by atoms with Crippen LogP contribution >= 0.6 is 15.9 Å². The lowest BCUT2D eigenvalue weighted by molar-refractivity contribution is -0.142. The van der Waals surface area contributed by atoms with Gasteiger partial charge in [0.2, 0.25) is 0 Å². The average molecular weight is 352 g/mol. The largest absolute Gasteiger partial charge is 0.481 e. The van der Waals surface area contributed by atoms with Crippen molar-refractivity contribution in [3.05, 3.63) is 28.2 Å². The van der Waals surface area contributed by atoms with Crippen molar-refractivity contribution >= 4 is 33.6 Å². The highest BCUT2D eigenvalue weighted by Crippen LogP contribution is 2.25. The Balaban J connectivity index is 2.11. The normalized spacial score (nSPS) is 20.9. The molecular weight excluding hydrogens is 338 g/mol. The number of carboxylic acid groups (broad SMARTS) is 1. The lowest BCUT2D eigenvalue weighted by Gasteiger charge is -2.17. The maximum Gasteiger partial charge on any atom is 0.321 e. The molecule has 21 heavy (non-hydrogen) atoms. The Bertz CT molecular complexity index is 626. The summed E-state index contributed by atoms with van der Waals surface area (Å²) in [6.07, 6.45) is 0. The summed E-state index contributed by atoms with van der Waals surface area (Å²) in [5.74, 6) is -1.53. The Kier molecular flexibility index (Phi) is 4.48. The van der Waals surface area contributed by atoms with Gasteiger partial charge in [-0.05, 0) is 24.1 Å². The number of rotatable bonds is 2. The van der Waals surface area contributed by atoms with Crippen LogP contribution in [0.5, 0.6) is 0 Å². The number of hydrogen-bond acceptors (Lipinski definition) is 3. The minimum absolute atomic E-state index is 0.0915. The number of urea groups is 1. The van der Waals surface area contributed by atoms with Gasteiger partial charge < -0.3 is 15.3 Å². The second-order valence-electron chi connectivity index (χ2n) is 5.06. The Morgan fingerprint density at radius 2 is 2.19 bits per heavy atom. The van der Waals surface area contributed by atoms with E-state index >= 15 is 0 Å². The SMILES string of the molecule is CC1CN(C(=O)Nc2cc(Br)ccc2C#N)CC1C(=O)O. The van der Waals surface area contributed by atoms with E-state index in [-0.39, 0.29) is 18.5 Å². The van der Waals surface area contributed by atoms with Crippen molar-refractivity contribution in [1.29, 1.82) is 5.26 Å². The number of carbonyl (C=O) groups excluding carboxylic acids is 1. The van der Waals surface area contributed by atoms with Gasteiger partial charge in [-0.2, -0.15) is 5.26 Å². The third-order valence-electron chi connectivity index (χ3n) is 3.56. The monoisotopic (exact) mass is 351 g/mol. The highest BCUT2D eigenvalue weighted by molar-refractivity contribution is 9.10. The topological polar surface area (TPSA) is 93.4 Å². The van der Waals surface area contributed by atoms with Gasteiger partial charge in [0.15, 0.2) is 0 Å². The molecule has 1 saturated heterocycles. The van der Waals surface area contributed by atoms with E-state index in [9.17, 15) is 9.59 Å². The molecule has 1 aromatic rings. The third-order valence-corrected chi connectivity index (χ3v) is 4.05. The number of nitrogens with zero attached hydrogens (tertiary/aromatic N) is 2. The second-order valence-corrected chi connectivity index (χ2v) is 5.97. The molecule has 0 bridgehead atoms. The standard InChI is InChI=1S/C14H14BrN3O3/c1-8-6-18(7-11(8)13(19)20)14(21)17-12-4-10(15)3-2-9(12)5-16/h2-4,8,11H,6-7H2,1H3,(H,17,21)(H,19,20). The van der Waals surface area contributed by atoms with E-state index in [4.69, 9.17) is 10.4 Å². The fourth-order valence-electron chi connectivity index (χ4n) is 2.37. The first-order chi connectivity index (χ1) is 9.92. The molecule has 1 aliphatic heterocycles. The van der Waals surface area contributed by atoms with Crippen molar-refractivity contribution in [2.75, 3.05) is 18.4 Å². The van der Waals surface area contributed by atoms with Crippen LogP contribution < -0.4 is 5.32 Å². The van der Waals surface area contributed by atoms with Gasteiger partial charge in [0.25, 0.3) is 0 Å². The number of nitriles is 1. The molecule has 2 unspecified atom stereocenters. The first kappa shape index (κ1) is 15.3. The predicted octanol–water partition coefficient (Wildman–Crippen LogP) is 2.51. The van der Waals surface area contributed by atoms with E-state index in [1.807, 2.05) is 13.0 Å². The van der Waals surface area contributed by atoms with E-state index in [1.54, 1.807) is 18.2 Å². The van der Waals surface area contributed by atoms with Crippen molar-refractivity contribution in [3.8, 4) is 6.07 Å². The molecule has 2 rings (SSSR count). The lowest BCUT2D eigenvalue weighted by atomic mass is 9.99. The molecule has 6 nitrogen and oxygen atoms in total. The van der Waals surface area contributed by atoms with E-state index < -0.39 is 11.9 Å². The highest BCUT2D eigenvalue weighted by Gasteiger charge is 2.37. The molecule has 2 atom stereocenters. The molecule has 1 heterocycles. The molecule has 1 aromatic carbocycles. The fourth-order valence-corrected chi connectivity index (χ4v) is 2.73. The van der Waals surface area contributed by atoms with Crippen LogP contribution in [0.2, 0.25) is 0 Å². The number of hydrogen-bond donors (Lipinski definition) is 2. The molecule has 2 amide bonds. The van der Waals surface area contributed by atoms with Gasteiger partial charge in [-0.15, -0.1) is 0 Å². The first-order valence-corrected chi connectivity index (χ1v) is 7.20. The van der Waals surface area contributed by atoms with Gasteiger partial charge in [0.05, 0.1) is 17.2 Å². The van der Waals surface area contributed by atoms with E-state index in [2.05, 4.69) is 21.2 Å². The molecule has 1 aliphatic rings. The summed E-state index contributed by atoms with van der Waals surface area (Å²) >= 11 is 3.29. The summed E-state index contributed by atoms with van der Waals surface area (Å²) in [5, 5.41) is 20.8. The zero-order chi connectivity index (χ0) is 15.6. The molecule has 0 aromatic heterocycles. The molecule has 7 heteroatoms. The highest BCUT2D eigenvalue weighted by atomic mass is 79.9. The number of halogens is 1. The van der Waals surface area contributed by atoms with Crippen molar-refractivity contribution in [2.24, 2.45) is 11.8 Å². The van der Waals surface area contributed by atoms with Crippen LogP contribution in [0.25, 0.3) is 0 Å². The summed E-state index contributed by atoms with van der Waals surface area (Å²) < 4.78 is 0.745. The lowest BCUT2D eigenvalue weighted by Crippen LogP contribution is -2.34. The maximum atomic E-state index is 12.2. The number of carboxylic acids is 1. The van der Waals surface area contributed by atoms with Crippen molar-refractivity contribution < 1.29 is 14.7 Å². The Labute approximate surface area is 130 Å². The summed E-state index contributed by atoms with van der Waals surface area (Å²) in [6.45, 7) is 2.38. The van der Waals surface area contributed by atoms with Gasteiger partial charge in [-0.1, -0.05) is 22.9 Å². The number of benzene rings is 1. The number of amides is 2. The van der Waals surface area contributed by atoms with Crippen molar-refractivity contribution in [3.63, 3.8) is 0 Å². The van der Waals surface area contributed by atoms with Crippen LogP contribution in [0.3, 0.4) is 0 Å². The number of anilines is 1. The van der Waals surface area contributed by atoms with Crippen LogP contribution in [0.4, 0.5) is 10.5 Å². The van der Waals surface area contributed by atoms with Gasteiger partial charge >= 0.3 is 12.0 Å². The molecule has 2 N–H and O–H groups in total. The van der Waals surface area contributed by atoms with Gasteiger partial charge in [0.1, 0.15) is 6.07 Å². The van der Waals surface area contributed by atoms with Gasteiger partial charge in [-0.3, -0.25) is 4.79 Å². The molecule has 0 aliphatic carbocycles. The van der Waals surface area contributed by atoms with Crippen LogP contribution in [0.1, 0.15) is 12.5 Å². The Morgan fingerprint density at radius 1 is 1.48 bits per heavy atom. The quantitative estimate of drug-likeness (QED) is 0.855. The number of carbonyl (C=O) groups is 2. The van der Waals surface area contributed by atoms with Crippen molar-refractivity contribution in [2.45, 2.75) is 6.92 Å². The Hall–Kier alpha value is -2.07.